The summed E-state index contributed by atoms with van der Waals surface area (Å²) in [5.41, 5.74) is 7.15. The molecule has 7 nitrogen and oxygen atoms in total. The van der Waals surface area contributed by atoms with E-state index in [0.717, 1.165) is 5.69 Å². The maximum absolute atomic E-state index is 12.5. The van der Waals surface area contributed by atoms with Crippen LogP contribution in [-0.2, 0) is 16.0 Å². The number of aromatic amines is 1. The Hall–Kier alpha value is -2.05. The number of hydrogen-bond acceptors (Lipinski definition) is 5. The fourth-order valence-corrected chi connectivity index (χ4v) is 1.99. The molecule has 1 aromatic rings. The molecular weight excluding hydrogens is 272 g/mol. The van der Waals surface area contributed by atoms with Gasteiger partial charge in [0.1, 0.15) is 6.54 Å². The van der Waals surface area contributed by atoms with Crippen molar-refractivity contribution in [2.45, 2.75) is 34.1 Å². The second-order valence-electron chi connectivity index (χ2n) is 5.20. The molecule has 0 aromatic carbocycles. The number of nitrogen functional groups attached to an aromatic ring is 1. The van der Waals surface area contributed by atoms with Gasteiger partial charge in [0, 0.05) is 6.54 Å². The Bertz CT molecular complexity index is 496. The minimum Gasteiger partial charge on any atom is -0.465 e. The fraction of sp³-hybridized carbons (Fsp3) is 0.643. The number of carbonyl (C=O) groups is 2. The van der Waals surface area contributed by atoms with Crippen LogP contribution in [-0.4, -0.2) is 46.7 Å². The highest BCUT2D eigenvalue weighted by atomic mass is 16.5. The maximum atomic E-state index is 12.5. The molecule has 3 N–H and O–H groups in total. The average molecular weight is 296 g/mol. The van der Waals surface area contributed by atoms with Crippen molar-refractivity contribution in [1.82, 2.24) is 15.1 Å². The highest BCUT2D eigenvalue weighted by molar-refractivity contribution is 5.99. The third kappa shape index (κ3) is 4.47. The minimum absolute atomic E-state index is 0.0986. The van der Waals surface area contributed by atoms with Gasteiger partial charge < -0.3 is 15.4 Å². The molecule has 0 aliphatic rings. The van der Waals surface area contributed by atoms with Gasteiger partial charge in [-0.05, 0) is 19.3 Å². The lowest BCUT2D eigenvalue weighted by atomic mass is 10.2. The summed E-state index contributed by atoms with van der Waals surface area (Å²) in [7, 11) is 0. The zero-order valence-electron chi connectivity index (χ0n) is 13.1. The van der Waals surface area contributed by atoms with Crippen LogP contribution in [0, 0.1) is 5.92 Å². The summed E-state index contributed by atoms with van der Waals surface area (Å²) in [5, 5.41) is 6.73. The van der Waals surface area contributed by atoms with E-state index in [1.807, 2.05) is 20.8 Å². The molecule has 0 aliphatic heterocycles. The topological polar surface area (TPSA) is 101 Å². The zero-order chi connectivity index (χ0) is 16.0. The number of ether oxygens (including phenoxy) is 1. The van der Waals surface area contributed by atoms with Gasteiger partial charge in [-0.3, -0.25) is 14.7 Å². The van der Waals surface area contributed by atoms with E-state index < -0.39 is 5.97 Å². The number of nitrogens with two attached hydrogens (primary N) is 1. The van der Waals surface area contributed by atoms with Crippen LogP contribution in [0.15, 0.2) is 0 Å². The summed E-state index contributed by atoms with van der Waals surface area (Å²) < 4.78 is 4.90. The van der Waals surface area contributed by atoms with Crippen molar-refractivity contribution in [1.29, 1.82) is 0 Å². The number of hydrogen-bond donors (Lipinski definition) is 2. The number of nitrogens with zero attached hydrogens (tertiary/aromatic N) is 2. The lowest BCUT2D eigenvalue weighted by Gasteiger charge is -2.22. The van der Waals surface area contributed by atoms with Gasteiger partial charge in [-0.25, -0.2) is 0 Å². The first-order chi connectivity index (χ1) is 9.90. The Morgan fingerprint density at radius 1 is 1.38 bits per heavy atom. The first kappa shape index (κ1) is 17.0. The number of carbonyl (C=O) groups excluding carboxylic acids is 2. The monoisotopic (exact) mass is 296 g/mol. The number of aryl methyl sites for hydroxylation is 1. The van der Waals surface area contributed by atoms with Crippen LogP contribution >= 0.6 is 0 Å². The van der Waals surface area contributed by atoms with Gasteiger partial charge in [-0.2, -0.15) is 5.10 Å². The maximum Gasteiger partial charge on any atom is 0.325 e. The van der Waals surface area contributed by atoms with Crippen molar-refractivity contribution in [3.63, 3.8) is 0 Å². The normalized spacial score (nSPS) is 10.7. The van der Waals surface area contributed by atoms with Crippen LogP contribution in [0.5, 0.6) is 0 Å². The summed E-state index contributed by atoms with van der Waals surface area (Å²) in [4.78, 5) is 25.6. The van der Waals surface area contributed by atoms with Crippen molar-refractivity contribution in [3.8, 4) is 0 Å². The third-order valence-electron chi connectivity index (χ3n) is 2.94. The summed E-state index contributed by atoms with van der Waals surface area (Å²) in [6, 6.07) is 0. The summed E-state index contributed by atoms with van der Waals surface area (Å²) in [5.74, 6) is -0.573. The molecule has 1 aromatic heterocycles. The van der Waals surface area contributed by atoms with Gasteiger partial charge in [0.25, 0.3) is 5.91 Å². The van der Waals surface area contributed by atoms with Crippen LogP contribution < -0.4 is 5.73 Å². The van der Waals surface area contributed by atoms with E-state index >= 15 is 0 Å². The van der Waals surface area contributed by atoms with E-state index in [0.29, 0.717) is 18.7 Å². The van der Waals surface area contributed by atoms with Crippen LogP contribution in [0.4, 0.5) is 5.69 Å². The second kappa shape index (κ2) is 7.66. The molecule has 0 atom stereocenters. The molecule has 0 aliphatic carbocycles. The Balaban J connectivity index is 2.93. The fourth-order valence-electron chi connectivity index (χ4n) is 1.99. The van der Waals surface area contributed by atoms with Gasteiger partial charge >= 0.3 is 5.97 Å². The standard InChI is InChI=1S/C14H24N4O3/c1-5-10-12(15)13(17-16-10)14(20)18(7-9(3)4)8-11(19)21-6-2/h9H,5-8,15H2,1-4H3,(H,16,17). The summed E-state index contributed by atoms with van der Waals surface area (Å²) in [6.45, 7) is 8.21. The molecule has 1 heterocycles. The van der Waals surface area contributed by atoms with E-state index in [-0.39, 0.29) is 30.7 Å². The number of rotatable bonds is 7. The largest absolute Gasteiger partial charge is 0.465 e. The molecule has 1 amide bonds. The highest BCUT2D eigenvalue weighted by Gasteiger charge is 2.25. The number of aromatic nitrogens is 2. The van der Waals surface area contributed by atoms with Crippen LogP contribution in [0.3, 0.4) is 0 Å². The van der Waals surface area contributed by atoms with Crippen molar-refractivity contribution in [3.05, 3.63) is 11.4 Å². The van der Waals surface area contributed by atoms with Gasteiger partial charge in [-0.15, -0.1) is 0 Å². The molecule has 0 radical (unpaired) electrons. The number of anilines is 1. The average Bonchev–Trinajstić information content (AvgIpc) is 2.78. The molecule has 0 saturated carbocycles. The van der Waals surface area contributed by atoms with Crippen molar-refractivity contribution < 1.29 is 14.3 Å². The molecule has 7 heteroatoms. The SMILES string of the molecule is CCOC(=O)CN(CC(C)C)C(=O)c1n[nH]c(CC)c1N. The van der Waals surface area contributed by atoms with E-state index in [1.54, 1.807) is 6.92 Å². The second-order valence-corrected chi connectivity index (χ2v) is 5.20. The molecule has 0 saturated heterocycles. The molecule has 1 rings (SSSR count). The molecule has 0 spiro atoms. The number of amides is 1. The van der Waals surface area contributed by atoms with Crippen molar-refractivity contribution >= 4 is 17.6 Å². The third-order valence-corrected chi connectivity index (χ3v) is 2.94. The predicted molar refractivity (Wildman–Crippen MR) is 79.8 cm³/mol. The van der Waals surface area contributed by atoms with Crippen LogP contribution in [0.1, 0.15) is 43.9 Å². The Morgan fingerprint density at radius 3 is 2.52 bits per heavy atom. The molecule has 0 bridgehead atoms. The number of nitrogens with one attached hydrogen (secondary N) is 1. The van der Waals surface area contributed by atoms with Gasteiger partial charge in [0.15, 0.2) is 5.69 Å². The summed E-state index contributed by atoms with van der Waals surface area (Å²) in [6.07, 6.45) is 0.661. The Labute approximate surface area is 124 Å². The molecule has 0 unspecified atom stereocenters. The molecule has 21 heavy (non-hydrogen) atoms. The van der Waals surface area contributed by atoms with E-state index in [9.17, 15) is 9.59 Å². The van der Waals surface area contributed by atoms with Gasteiger partial charge in [0.2, 0.25) is 0 Å². The van der Waals surface area contributed by atoms with E-state index in [1.165, 1.54) is 4.90 Å². The lowest BCUT2D eigenvalue weighted by molar-refractivity contribution is -0.143. The first-order valence-corrected chi connectivity index (χ1v) is 7.18. The quantitative estimate of drug-likeness (QED) is 0.737. The first-order valence-electron chi connectivity index (χ1n) is 7.18. The van der Waals surface area contributed by atoms with Crippen LogP contribution in [0.25, 0.3) is 0 Å². The predicted octanol–water partition coefficient (Wildman–Crippen LogP) is 1.22. The van der Waals surface area contributed by atoms with Gasteiger partial charge in [-0.1, -0.05) is 20.8 Å². The number of esters is 1. The number of H-pyrrole nitrogens is 1. The van der Waals surface area contributed by atoms with E-state index in [2.05, 4.69) is 10.2 Å². The minimum atomic E-state index is -0.434. The summed E-state index contributed by atoms with van der Waals surface area (Å²) >= 11 is 0. The molecular formula is C14H24N4O3. The Kier molecular flexibility index (Phi) is 6.20. The van der Waals surface area contributed by atoms with Gasteiger partial charge in [0.05, 0.1) is 18.0 Å². The molecule has 0 fully saturated rings. The molecule has 118 valence electrons. The zero-order valence-corrected chi connectivity index (χ0v) is 13.1. The smallest absolute Gasteiger partial charge is 0.325 e. The van der Waals surface area contributed by atoms with Crippen molar-refractivity contribution in [2.24, 2.45) is 5.92 Å². The highest BCUT2D eigenvalue weighted by Crippen LogP contribution is 2.17. The van der Waals surface area contributed by atoms with Crippen LogP contribution in [0.2, 0.25) is 0 Å². The van der Waals surface area contributed by atoms with E-state index in [4.69, 9.17) is 10.5 Å². The van der Waals surface area contributed by atoms with Crippen molar-refractivity contribution in [2.75, 3.05) is 25.4 Å². The Morgan fingerprint density at radius 2 is 2.05 bits per heavy atom. The lowest BCUT2D eigenvalue weighted by Crippen LogP contribution is -2.39.